The van der Waals surface area contributed by atoms with E-state index < -0.39 is 0 Å². The van der Waals surface area contributed by atoms with Crippen LogP contribution in [-0.2, 0) is 36.5 Å². The Morgan fingerprint density at radius 3 is 1.20 bits per heavy atom. The van der Waals surface area contributed by atoms with Crippen LogP contribution in [0.2, 0.25) is 0 Å². The molecule has 5 heteroatoms. The van der Waals surface area contributed by atoms with Gasteiger partial charge in [-0.2, -0.15) is 0 Å². The molecule has 0 nitrogen and oxygen atoms in total. The van der Waals surface area contributed by atoms with Crippen molar-refractivity contribution in [3.63, 3.8) is 0 Å². The molecule has 0 saturated heterocycles. The van der Waals surface area contributed by atoms with Gasteiger partial charge >= 0.3 is 49.3 Å². The predicted molar refractivity (Wildman–Crippen MR) is 27.9 cm³/mol. The zero-order chi connectivity index (χ0) is 0. The van der Waals surface area contributed by atoms with Crippen molar-refractivity contribution in [2.75, 3.05) is 0 Å². The van der Waals surface area contributed by atoms with E-state index in [4.69, 9.17) is 0 Å². The molecule has 0 aliphatic rings. The quantitative estimate of drug-likeness (QED) is 0.402. The maximum absolute atomic E-state index is 0. The molecule has 0 saturated carbocycles. The van der Waals surface area contributed by atoms with E-state index in [9.17, 15) is 0 Å². The van der Waals surface area contributed by atoms with Gasteiger partial charge in [0.05, 0.1) is 0 Å². The third-order valence-corrected chi connectivity index (χ3v) is 0. The zero-order valence-electron chi connectivity index (χ0n) is 4.50. The van der Waals surface area contributed by atoms with E-state index in [0.29, 0.717) is 0 Å². The van der Waals surface area contributed by atoms with Gasteiger partial charge in [-0.3, -0.25) is 0 Å². The minimum absolute atomic E-state index is 0. The third kappa shape index (κ3) is 18.8. The molecule has 0 N–H and O–H groups in total. The molecule has 27 valence electrons. The summed E-state index contributed by atoms with van der Waals surface area (Å²) in [5.74, 6) is 0. The van der Waals surface area contributed by atoms with Gasteiger partial charge in [-0.25, -0.2) is 0 Å². The fourth-order valence-corrected chi connectivity index (χ4v) is 0. The molecule has 0 atom stereocenters. The summed E-state index contributed by atoms with van der Waals surface area (Å²) in [6.45, 7) is 0. The van der Waals surface area contributed by atoms with E-state index in [1.54, 1.807) is 0 Å². The summed E-state index contributed by atoms with van der Waals surface area (Å²) in [6.07, 6.45) is 0. The Labute approximate surface area is 104 Å². The molecule has 0 aromatic carbocycles. The van der Waals surface area contributed by atoms with Crippen molar-refractivity contribution >= 4 is 66.6 Å². The van der Waals surface area contributed by atoms with Crippen LogP contribution >= 0.6 is 0 Å². The van der Waals surface area contributed by atoms with Crippen LogP contribution < -0.4 is 0 Å². The van der Waals surface area contributed by atoms with Crippen molar-refractivity contribution in [2.45, 2.75) is 0 Å². The maximum Gasteiger partial charge on any atom is 2.00 e. The van der Waals surface area contributed by atoms with E-state index in [0.717, 1.165) is 0 Å². The summed E-state index contributed by atoms with van der Waals surface area (Å²) in [7, 11) is 0. The smallest absolute Gasteiger partial charge is 1.00 e. The summed E-state index contributed by atoms with van der Waals surface area (Å²) < 4.78 is 0. The van der Waals surface area contributed by atoms with Crippen LogP contribution in [-0.4, -0.2) is 66.6 Å². The number of hydrogen-bond acceptors (Lipinski definition) is 0. The van der Waals surface area contributed by atoms with E-state index in [2.05, 4.69) is 0 Å². The molecular formula is H8AlBiMgMnZn. The molecule has 0 aromatic heterocycles. The van der Waals surface area contributed by atoms with Gasteiger partial charge in [-0.1, -0.05) is 0 Å². The van der Waals surface area contributed by atoms with E-state index in [1.807, 2.05) is 0 Å². The molecule has 5 heavy (non-hydrogen) atoms. The number of hydrogen-bond donors (Lipinski definition) is 0. The average Bonchev–Trinajstić information content (AvgIpc) is 0. The van der Waals surface area contributed by atoms with E-state index >= 15 is 0 Å². The summed E-state index contributed by atoms with van der Waals surface area (Å²) in [4.78, 5) is 0. The predicted octanol–water partition coefficient (Wildman–Crippen LogP) is -2.53. The van der Waals surface area contributed by atoms with Gasteiger partial charge in [-0.05, 0) is 0 Å². The monoisotopic (exact) mass is 387 g/mol. The Morgan fingerprint density at radius 1 is 1.20 bits per heavy atom. The fraction of sp³-hybridized carbons (Fsp3) is 0. The van der Waals surface area contributed by atoms with Crippen molar-refractivity contribution in [1.29, 1.82) is 0 Å². The first-order valence-corrected chi connectivity index (χ1v) is 0. The van der Waals surface area contributed by atoms with Crippen molar-refractivity contribution in [3.05, 3.63) is 0 Å². The molecule has 0 unspecified atom stereocenters. The molecule has 0 heterocycles. The van der Waals surface area contributed by atoms with Crippen molar-refractivity contribution in [3.8, 4) is 0 Å². The molecule has 0 spiro atoms. The zero-order valence-corrected chi connectivity index (χ0v) is 13.6. The van der Waals surface area contributed by atoms with Gasteiger partial charge in [0.2, 0.25) is 0 Å². The van der Waals surface area contributed by atoms with Crippen LogP contribution in [0.25, 0.3) is 0 Å². The Balaban J connectivity index is 0. The third-order valence-electron chi connectivity index (χ3n) is 0. The van der Waals surface area contributed by atoms with Gasteiger partial charge in [0, 0.05) is 36.5 Å². The second kappa shape index (κ2) is 26.5. The Hall–Kier alpha value is 3.32. The SMILES string of the molecule is [AlH3].[BiH3].[H-].[H-].[Mg+2].[Mn].[Zn]. The van der Waals surface area contributed by atoms with Gasteiger partial charge in [0.25, 0.3) is 0 Å². The van der Waals surface area contributed by atoms with Crippen molar-refractivity contribution < 1.29 is 39.4 Å². The molecule has 0 aliphatic carbocycles. The maximum atomic E-state index is 0. The van der Waals surface area contributed by atoms with Crippen LogP contribution in [0, 0.1) is 0 Å². The molecular weight excluding hydrogens is 381 g/mol. The Bertz CT molecular complexity index is 17.7. The fourth-order valence-electron chi connectivity index (χ4n) is 0. The van der Waals surface area contributed by atoms with Crippen molar-refractivity contribution in [2.24, 2.45) is 0 Å². The Kier molecular flexibility index (Phi) is 214. The van der Waals surface area contributed by atoms with Crippen LogP contribution in [0.3, 0.4) is 0 Å². The minimum Gasteiger partial charge on any atom is -1.00 e. The molecule has 0 bridgehead atoms. The number of rotatable bonds is 0. The van der Waals surface area contributed by atoms with Gasteiger partial charge in [0.15, 0.2) is 17.4 Å². The van der Waals surface area contributed by atoms with Crippen molar-refractivity contribution in [1.82, 2.24) is 0 Å². The summed E-state index contributed by atoms with van der Waals surface area (Å²) >= 11 is 0. The average molecular weight is 389 g/mol. The van der Waals surface area contributed by atoms with E-state index in [1.165, 1.54) is 0 Å². The van der Waals surface area contributed by atoms with Crippen LogP contribution in [0.1, 0.15) is 2.85 Å². The second-order valence-corrected chi connectivity index (χ2v) is 0. The first-order valence-electron chi connectivity index (χ1n) is 0. The van der Waals surface area contributed by atoms with Gasteiger partial charge in [-0.15, -0.1) is 0 Å². The summed E-state index contributed by atoms with van der Waals surface area (Å²) in [5, 5.41) is 0. The molecule has 1 radical (unpaired) electrons. The molecule has 0 amide bonds. The standard InChI is InChI=1S/Al.Bi.Mg.Mn.Zn.8H/q;;+2;;;;;;;;;2*-1. The van der Waals surface area contributed by atoms with Crippen LogP contribution in [0.15, 0.2) is 0 Å². The van der Waals surface area contributed by atoms with Crippen LogP contribution in [0.4, 0.5) is 0 Å². The largest absolute Gasteiger partial charge is 2.00 e. The van der Waals surface area contributed by atoms with Gasteiger partial charge in [0.1, 0.15) is 0 Å². The first-order chi connectivity index (χ1) is 0. The van der Waals surface area contributed by atoms with E-state index in [-0.39, 0.29) is 106 Å². The topological polar surface area (TPSA) is 0 Å². The van der Waals surface area contributed by atoms with Gasteiger partial charge < -0.3 is 2.85 Å². The summed E-state index contributed by atoms with van der Waals surface area (Å²) in [6, 6.07) is 0. The van der Waals surface area contributed by atoms with Crippen LogP contribution in [0.5, 0.6) is 0 Å². The first kappa shape index (κ1) is 40.4. The molecule has 0 aromatic rings. The second-order valence-electron chi connectivity index (χ2n) is 0. The normalized spacial score (nSPS) is 0. The molecule has 0 fully saturated rings. The summed E-state index contributed by atoms with van der Waals surface area (Å²) in [5.41, 5.74) is 0. The molecule has 0 aliphatic heterocycles. The Morgan fingerprint density at radius 2 is 1.20 bits per heavy atom. The molecule has 0 rings (SSSR count). The minimum atomic E-state index is 0.